The van der Waals surface area contributed by atoms with Gasteiger partial charge in [0.2, 0.25) is 5.91 Å². The summed E-state index contributed by atoms with van der Waals surface area (Å²) in [7, 11) is 0. The third-order valence-corrected chi connectivity index (χ3v) is 4.62. The summed E-state index contributed by atoms with van der Waals surface area (Å²) in [6.07, 6.45) is 4.03. The van der Waals surface area contributed by atoms with Gasteiger partial charge >= 0.3 is 0 Å². The van der Waals surface area contributed by atoms with Crippen molar-refractivity contribution in [3.8, 4) is 0 Å². The van der Waals surface area contributed by atoms with Crippen LogP contribution in [0.3, 0.4) is 0 Å². The monoisotopic (exact) mass is 255 g/mol. The van der Waals surface area contributed by atoms with E-state index in [9.17, 15) is 9.90 Å². The summed E-state index contributed by atoms with van der Waals surface area (Å²) in [5.74, 6) is 0.258. The number of carbonyl (C=O) groups excluding carboxylic acids is 1. The molecule has 1 spiro atoms. The van der Waals surface area contributed by atoms with Crippen molar-refractivity contribution < 1.29 is 14.6 Å². The highest BCUT2D eigenvalue weighted by Gasteiger charge is 2.56. The second-order valence-electron chi connectivity index (χ2n) is 5.56. The zero-order chi connectivity index (χ0) is 13.2. The number of carbonyl (C=O) groups is 1. The van der Waals surface area contributed by atoms with Crippen molar-refractivity contribution in [3.05, 3.63) is 0 Å². The summed E-state index contributed by atoms with van der Waals surface area (Å²) < 4.78 is 5.72. The van der Waals surface area contributed by atoms with Crippen LogP contribution in [-0.4, -0.2) is 47.8 Å². The van der Waals surface area contributed by atoms with Gasteiger partial charge in [0.1, 0.15) is 0 Å². The largest absolute Gasteiger partial charge is 0.392 e. The van der Waals surface area contributed by atoms with E-state index in [0.717, 1.165) is 38.8 Å². The number of amides is 1. The molecular formula is C14H25NO3. The van der Waals surface area contributed by atoms with Gasteiger partial charge in [-0.2, -0.15) is 0 Å². The Morgan fingerprint density at radius 2 is 2.06 bits per heavy atom. The summed E-state index contributed by atoms with van der Waals surface area (Å²) in [6.45, 7) is 6.29. The van der Waals surface area contributed by atoms with E-state index in [4.69, 9.17) is 4.74 Å². The molecule has 2 unspecified atom stereocenters. The number of piperidine rings is 1. The molecule has 1 heterocycles. The van der Waals surface area contributed by atoms with Gasteiger partial charge in [-0.05, 0) is 26.2 Å². The lowest BCUT2D eigenvalue weighted by Crippen LogP contribution is -2.62. The number of likely N-dealkylation sites (tertiary alicyclic amines) is 1. The molecule has 2 atom stereocenters. The normalized spacial score (nSPS) is 30.3. The van der Waals surface area contributed by atoms with E-state index in [1.165, 1.54) is 0 Å². The topological polar surface area (TPSA) is 49.8 Å². The molecular weight excluding hydrogens is 230 g/mol. The molecule has 1 saturated heterocycles. The minimum atomic E-state index is -0.238. The maximum atomic E-state index is 11.8. The van der Waals surface area contributed by atoms with Crippen LogP contribution in [0.15, 0.2) is 0 Å². The van der Waals surface area contributed by atoms with E-state index in [1.54, 1.807) is 0 Å². The zero-order valence-electron chi connectivity index (χ0n) is 11.5. The first-order valence-electron chi connectivity index (χ1n) is 7.21. The fraction of sp³-hybridized carbons (Fsp3) is 0.929. The fourth-order valence-electron chi connectivity index (χ4n) is 3.36. The summed E-state index contributed by atoms with van der Waals surface area (Å²) in [5, 5.41) is 10.1. The molecule has 1 amide bonds. The maximum absolute atomic E-state index is 11.8. The predicted octanol–water partition coefficient (Wildman–Crippen LogP) is 1.56. The number of aliphatic hydroxyl groups excluding tert-OH is 1. The smallest absolute Gasteiger partial charge is 0.222 e. The van der Waals surface area contributed by atoms with Gasteiger partial charge in [0.15, 0.2) is 0 Å². The second kappa shape index (κ2) is 5.57. The SMILES string of the molecule is CCCC(=O)N1CCC2(CC1)C(O)CC2OCC. The van der Waals surface area contributed by atoms with Crippen LogP contribution in [0.5, 0.6) is 0 Å². The molecule has 2 rings (SSSR count). The summed E-state index contributed by atoms with van der Waals surface area (Å²) >= 11 is 0. The average molecular weight is 255 g/mol. The van der Waals surface area contributed by atoms with Gasteiger partial charge in [-0.3, -0.25) is 4.79 Å². The zero-order valence-corrected chi connectivity index (χ0v) is 11.5. The Kier molecular flexibility index (Phi) is 4.28. The summed E-state index contributed by atoms with van der Waals surface area (Å²) in [4.78, 5) is 13.8. The quantitative estimate of drug-likeness (QED) is 0.829. The van der Waals surface area contributed by atoms with Crippen molar-refractivity contribution in [1.82, 2.24) is 4.90 Å². The van der Waals surface area contributed by atoms with Crippen molar-refractivity contribution in [2.75, 3.05) is 19.7 Å². The number of hydrogen-bond acceptors (Lipinski definition) is 3. The van der Waals surface area contributed by atoms with E-state index >= 15 is 0 Å². The standard InChI is InChI=1S/C14H25NO3/c1-3-5-13(17)15-8-6-14(7-9-15)11(16)10-12(14)18-4-2/h11-12,16H,3-10H2,1-2H3. The first-order valence-corrected chi connectivity index (χ1v) is 7.21. The van der Waals surface area contributed by atoms with Crippen LogP contribution in [0.4, 0.5) is 0 Å². The molecule has 0 aromatic heterocycles. The highest BCUT2D eigenvalue weighted by molar-refractivity contribution is 5.76. The molecule has 1 saturated carbocycles. The molecule has 1 aliphatic carbocycles. The van der Waals surface area contributed by atoms with Gasteiger partial charge in [-0.25, -0.2) is 0 Å². The third-order valence-electron chi connectivity index (χ3n) is 4.62. The van der Waals surface area contributed by atoms with E-state index in [0.29, 0.717) is 13.0 Å². The Morgan fingerprint density at radius 3 is 2.56 bits per heavy atom. The van der Waals surface area contributed by atoms with E-state index < -0.39 is 0 Å². The van der Waals surface area contributed by atoms with Crippen LogP contribution < -0.4 is 0 Å². The number of aliphatic hydroxyl groups is 1. The molecule has 0 radical (unpaired) electrons. The molecule has 2 aliphatic rings. The fourth-order valence-corrected chi connectivity index (χ4v) is 3.36. The molecule has 2 fully saturated rings. The van der Waals surface area contributed by atoms with Crippen LogP contribution in [0.2, 0.25) is 0 Å². The highest BCUT2D eigenvalue weighted by Crippen LogP contribution is 2.50. The Hall–Kier alpha value is -0.610. The van der Waals surface area contributed by atoms with Crippen molar-refractivity contribution in [2.45, 2.75) is 58.2 Å². The van der Waals surface area contributed by atoms with Crippen LogP contribution in [0.25, 0.3) is 0 Å². The van der Waals surface area contributed by atoms with Gasteiger partial charge < -0.3 is 14.7 Å². The van der Waals surface area contributed by atoms with Gasteiger partial charge in [0, 0.05) is 38.0 Å². The average Bonchev–Trinajstić information content (AvgIpc) is 2.39. The van der Waals surface area contributed by atoms with E-state index in [-0.39, 0.29) is 23.5 Å². The van der Waals surface area contributed by atoms with Crippen molar-refractivity contribution in [1.29, 1.82) is 0 Å². The number of nitrogens with zero attached hydrogens (tertiary/aromatic N) is 1. The van der Waals surface area contributed by atoms with Crippen LogP contribution in [0, 0.1) is 5.41 Å². The molecule has 1 aliphatic heterocycles. The minimum absolute atomic E-state index is 0.0704. The lowest BCUT2D eigenvalue weighted by atomic mass is 9.58. The Bertz CT molecular complexity index is 295. The van der Waals surface area contributed by atoms with Gasteiger partial charge in [-0.1, -0.05) is 6.92 Å². The first-order chi connectivity index (χ1) is 8.64. The van der Waals surface area contributed by atoms with Gasteiger partial charge in [-0.15, -0.1) is 0 Å². The molecule has 0 bridgehead atoms. The first kappa shape index (κ1) is 13.8. The molecule has 18 heavy (non-hydrogen) atoms. The van der Waals surface area contributed by atoms with Crippen LogP contribution >= 0.6 is 0 Å². The third kappa shape index (κ3) is 2.28. The van der Waals surface area contributed by atoms with Crippen LogP contribution in [-0.2, 0) is 9.53 Å². The lowest BCUT2D eigenvalue weighted by molar-refractivity contribution is -0.210. The number of ether oxygens (including phenoxy) is 1. The van der Waals surface area contributed by atoms with Crippen molar-refractivity contribution >= 4 is 5.91 Å². The Morgan fingerprint density at radius 1 is 1.39 bits per heavy atom. The predicted molar refractivity (Wildman–Crippen MR) is 69.2 cm³/mol. The molecule has 0 aromatic carbocycles. The van der Waals surface area contributed by atoms with E-state index in [2.05, 4.69) is 0 Å². The summed E-state index contributed by atoms with van der Waals surface area (Å²) in [5.41, 5.74) is -0.0704. The Labute approximate surface area is 109 Å². The molecule has 4 heteroatoms. The minimum Gasteiger partial charge on any atom is -0.392 e. The van der Waals surface area contributed by atoms with Crippen LogP contribution in [0.1, 0.15) is 46.0 Å². The van der Waals surface area contributed by atoms with Gasteiger partial charge in [0.05, 0.1) is 12.2 Å². The van der Waals surface area contributed by atoms with Crippen molar-refractivity contribution in [3.63, 3.8) is 0 Å². The Balaban J connectivity index is 1.90. The molecule has 0 aromatic rings. The lowest BCUT2D eigenvalue weighted by Gasteiger charge is -2.56. The second-order valence-corrected chi connectivity index (χ2v) is 5.56. The molecule has 104 valence electrons. The summed E-state index contributed by atoms with van der Waals surface area (Å²) in [6, 6.07) is 0. The molecule has 1 N–H and O–H groups in total. The number of hydrogen-bond donors (Lipinski definition) is 1. The van der Waals surface area contributed by atoms with E-state index in [1.807, 2.05) is 18.7 Å². The molecule has 4 nitrogen and oxygen atoms in total. The van der Waals surface area contributed by atoms with Gasteiger partial charge in [0.25, 0.3) is 0 Å². The van der Waals surface area contributed by atoms with Crippen molar-refractivity contribution in [2.24, 2.45) is 5.41 Å². The maximum Gasteiger partial charge on any atom is 0.222 e. The number of rotatable bonds is 4. The highest BCUT2D eigenvalue weighted by atomic mass is 16.5.